The Kier molecular flexibility index (Phi) is 5.05. The molecule has 0 aliphatic heterocycles. The molecule has 2 aromatic rings. The molecule has 21 heavy (non-hydrogen) atoms. The van der Waals surface area contributed by atoms with E-state index in [0.717, 1.165) is 0 Å². The fraction of sp³-hybridized carbons (Fsp3) is 0.400. The Morgan fingerprint density at radius 1 is 1.38 bits per heavy atom. The molecule has 1 N–H and O–H groups in total. The van der Waals surface area contributed by atoms with Crippen molar-refractivity contribution < 1.29 is 14.6 Å². The van der Waals surface area contributed by atoms with Gasteiger partial charge in [0, 0.05) is 13.5 Å². The van der Waals surface area contributed by atoms with Crippen molar-refractivity contribution in [1.82, 2.24) is 9.55 Å². The van der Waals surface area contributed by atoms with Crippen LogP contribution in [0.2, 0.25) is 0 Å². The standard InChI is InChI=1S/C15H18N2O4/c1-11(19)21-10-8-17-14-7-3-2-5-12(14)16-13(15(17)20)6-4-9-18/h2-3,5,7,18H,4,6,8-10H2,1H3. The second kappa shape index (κ2) is 6.99. The van der Waals surface area contributed by atoms with Crippen LogP contribution in [0.5, 0.6) is 0 Å². The summed E-state index contributed by atoms with van der Waals surface area (Å²) in [5.41, 5.74) is 1.65. The monoisotopic (exact) mass is 290 g/mol. The predicted molar refractivity (Wildman–Crippen MR) is 78.0 cm³/mol. The number of aromatic nitrogens is 2. The maximum absolute atomic E-state index is 12.4. The average molecular weight is 290 g/mol. The van der Waals surface area contributed by atoms with Crippen LogP contribution in [0, 0.1) is 0 Å². The molecular formula is C15H18N2O4. The normalized spacial score (nSPS) is 10.8. The number of para-hydroxylation sites is 2. The summed E-state index contributed by atoms with van der Waals surface area (Å²) in [4.78, 5) is 27.6. The number of benzene rings is 1. The average Bonchev–Trinajstić information content (AvgIpc) is 2.47. The van der Waals surface area contributed by atoms with Crippen LogP contribution in [-0.4, -0.2) is 33.8 Å². The second-order valence-electron chi connectivity index (χ2n) is 4.67. The molecule has 0 bridgehead atoms. The number of esters is 1. The Bertz CT molecular complexity index is 694. The van der Waals surface area contributed by atoms with Crippen LogP contribution in [0.4, 0.5) is 0 Å². The SMILES string of the molecule is CC(=O)OCCn1c(=O)c(CCCO)nc2ccccc21. The lowest BCUT2D eigenvalue weighted by atomic mass is 10.2. The Labute approximate surface area is 122 Å². The number of fused-ring (bicyclic) bond motifs is 1. The largest absolute Gasteiger partial charge is 0.464 e. The molecule has 0 fully saturated rings. The summed E-state index contributed by atoms with van der Waals surface area (Å²) in [6.45, 7) is 1.78. The zero-order chi connectivity index (χ0) is 15.2. The van der Waals surface area contributed by atoms with Crippen LogP contribution in [0.15, 0.2) is 29.1 Å². The highest BCUT2D eigenvalue weighted by Crippen LogP contribution is 2.10. The lowest BCUT2D eigenvalue weighted by molar-refractivity contribution is -0.141. The Morgan fingerprint density at radius 2 is 2.14 bits per heavy atom. The van der Waals surface area contributed by atoms with Gasteiger partial charge < -0.3 is 14.4 Å². The van der Waals surface area contributed by atoms with Crippen LogP contribution in [0.25, 0.3) is 11.0 Å². The van der Waals surface area contributed by atoms with Gasteiger partial charge in [-0.3, -0.25) is 9.59 Å². The second-order valence-corrected chi connectivity index (χ2v) is 4.67. The zero-order valence-electron chi connectivity index (χ0n) is 11.9. The molecule has 2 rings (SSSR count). The van der Waals surface area contributed by atoms with Crippen LogP contribution in [0.3, 0.4) is 0 Å². The predicted octanol–water partition coefficient (Wildman–Crippen LogP) is 0.884. The van der Waals surface area contributed by atoms with E-state index >= 15 is 0 Å². The van der Waals surface area contributed by atoms with Gasteiger partial charge in [0.25, 0.3) is 5.56 Å². The van der Waals surface area contributed by atoms with Crippen LogP contribution >= 0.6 is 0 Å². The van der Waals surface area contributed by atoms with E-state index in [1.807, 2.05) is 24.3 Å². The van der Waals surface area contributed by atoms with Gasteiger partial charge in [0.2, 0.25) is 0 Å². The summed E-state index contributed by atoms with van der Waals surface area (Å²) in [6, 6.07) is 7.33. The third kappa shape index (κ3) is 3.66. The number of hydrogen-bond acceptors (Lipinski definition) is 5. The number of aliphatic hydroxyl groups is 1. The molecule has 0 spiro atoms. The molecule has 0 atom stereocenters. The minimum Gasteiger partial charge on any atom is -0.464 e. The number of rotatable bonds is 6. The van der Waals surface area contributed by atoms with E-state index in [-0.39, 0.29) is 31.3 Å². The summed E-state index contributed by atoms with van der Waals surface area (Å²) in [5, 5.41) is 8.91. The summed E-state index contributed by atoms with van der Waals surface area (Å²) >= 11 is 0. The molecule has 0 saturated carbocycles. The van der Waals surface area contributed by atoms with Gasteiger partial charge in [-0.15, -0.1) is 0 Å². The number of ether oxygens (including phenoxy) is 1. The minimum absolute atomic E-state index is 0.0153. The summed E-state index contributed by atoms with van der Waals surface area (Å²) in [6.07, 6.45) is 0.915. The number of carbonyl (C=O) groups is 1. The van der Waals surface area contributed by atoms with Gasteiger partial charge in [0.05, 0.1) is 17.6 Å². The Balaban J connectivity index is 2.41. The van der Waals surface area contributed by atoms with Crippen molar-refractivity contribution in [2.75, 3.05) is 13.2 Å². The topological polar surface area (TPSA) is 81.4 Å². The highest BCUT2D eigenvalue weighted by atomic mass is 16.5. The molecule has 6 nitrogen and oxygen atoms in total. The van der Waals surface area contributed by atoms with Gasteiger partial charge in [-0.25, -0.2) is 4.98 Å². The molecule has 0 saturated heterocycles. The first-order valence-corrected chi connectivity index (χ1v) is 6.86. The zero-order valence-corrected chi connectivity index (χ0v) is 11.9. The third-order valence-corrected chi connectivity index (χ3v) is 3.11. The van der Waals surface area contributed by atoms with E-state index in [4.69, 9.17) is 9.84 Å². The number of hydrogen-bond donors (Lipinski definition) is 1. The first-order valence-electron chi connectivity index (χ1n) is 6.86. The first-order chi connectivity index (χ1) is 10.1. The summed E-state index contributed by atoms with van der Waals surface area (Å²) < 4.78 is 6.48. The number of nitrogens with zero attached hydrogens (tertiary/aromatic N) is 2. The lowest BCUT2D eigenvalue weighted by Crippen LogP contribution is -2.28. The maximum Gasteiger partial charge on any atom is 0.302 e. The van der Waals surface area contributed by atoms with Crippen molar-refractivity contribution in [2.24, 2.45) is 0 Å². The van der Waals surface area contributed by atoms with E-state index in [1.165, 1.54) is 6.92 Å². The third-order valence-electron chi connectivity index (χ3n) is 3.11. The molecule has 1 aromatic carbocycles. The molecule has 0 radical (unpaired) electrons. The maximum atomic E-state index is 12.4. The molecule has 0 amide bonds. The smallest absolute Gasteiger partial charge is 0.302 e. The van der Waals surface area contributed by atoms with Crippen molar-refractivity contribution >= 4 is 17.0 Å². The molecule has 0 aliphatic rings. The van der Waals surface area contributed by atoms with Crippen molar-refractivity contribution in [3.8, 4) is 0 Å². The Morgan fingerprint density at radius 3 is 2.86 bits per heavy atom. The quantitative estimate of drug-likeness (QED) is 0.799. The van der Waals surface area contributed by atoms with Crippen LogP contribution in [-0.2, 0) is 22.5 Å². The van der Waals surface area contributed by atoms with E-state index in [2.05, 4.69) is 4.98 Å². The van der Waals surface area contributed by atoms with E-state index in [0.29, 0.717) is 29.6 Å². The number of aliphatic hydroxyl groups excluding tert-OH is 1. The van der Waals surface area contributed by atoms with Gasteiger partial charge in [0.1, 0.15) is 12.3 Å². The molecule has 6 heteroatoms. The van der Waals surface area contributed by atoms with Crippen LogP contribution in [0.1, 0.15) is 19.0 Å². The molecular weight excluding hydrogens is 272 g/mol. The van der Waals surface area contributed by atoms with E-state index in [1.54, 1.807) is 4.57 Å². The fourth-order valence-corrected chi connectivity index (χ4v) is 2.16. The molecule has 1 aromatic heterocycles. The first kappa shape index (κ1) is 15.2. The lowest BCUT2D eigenvalue weighted by Gasteiger charge is -2.12. The molecule has 0 aliphatic carbocycles. The molecule has 0 unspecified atom stereocenters. The fourth-order valence-electron chi connectivity index (χ4n) is 2.16. The molecule has 112 valence electrons. The van der Waals surface area contributed by atoms with Gasteiger partial charge in [-0.1, -0.05) is 12.1 Å². The minimum atomic E-state index is -0.373. The van der Waals surface area contributed by atoms with Gasteiger partial charge >= 0.3 is 5.97 Å². The number of carbonyl (C=O) groups excluding carboxylic acids is 1. The number of aryl methyl sites for hydroxylation is 1. The summed E-state index contributed by atoms with van der Waals surface area (Å²) in [5.74, 6) is -0.373. The summed E-state index contributed by atoms with van der Waals surface area (Å²) in [7, 11) is 0. The Hall–Kier alpha value is -2.21. The highest BCUT2D eigenvalue weighted by Gasteiger charge is 2.10. The van der Waals surface area contributed by atoms with Crippen molar-refractivity contribution in [1.29, 1.82) is 0 Å². The van der Waals surface area contributed by atoms with Gasteiger partial charge in [-0.05, 0) is 25.0 Å². The van der Waals surface area contributed by atoms with Crippen molar-refractivity contribution in [2.45, 2.75) is 26.3 Å². The van der Waals surface area contributed by atoms with E-state index in [9.17, 15) is 9.59 Å². The van der Waals surface area contributed by atoms with Crippen molar-refractivity contribution in [3.05, 3.63) is 40.3 Å². The van der Waals surface area contributed by atoms with Crippen molar-refractivity contribution in [3.63, 3.8) is 0 Å². The highest BCUT2D eigenvalue weighted by molar-refractivity contribution is 5.74. The molecule has 1 heterocycles. The van der Waals surface area contributed by atoms with Crippen LogP contribution < -0.4 is 5.56 Å². The van der Waals surface area contributed by atoms with Gasteiger partial charge in [0.15, 0.2) is 0 Å². The van der Waals surface area contributed by atoms with E-state index < -0.39 is 0 Å². The van der Waals surface area contributed by atoms with Gasteiger partial charge in [-0.2, -0.15) is 0 Å².